The van der Waals surface area contributed by atoms with E-state index in [-0.39, 0.29) is 5.41 Å². The molecule has 36 heavy (non-hydrogen) atoms. The van der Waals surface area contributed by atoms with Crippen LogP contribution in [0.15, 0.2) is 83.6 Å². The number of oxazole rings is 1. The molecule has 186 valence electrons. The number of nitrogens with zero attached hydrogens (tertiary/aromatic N) is 3. The SMILES string of the molecule is CC(C)C(C)(c1ccc(OCc2ccccn2)cc1)c1ccc(-c2nc(CN3CC(F)C3)co2)cc1. The monoisotopic (exact) mass is 485 g/mol. The lowest BCUT2D eigenvalue weighted by molar-refractivity contribution is 0.0580. The zero-order chi connectivity index (χ0) is 25.1. The molecule has 5 nitrogen and oxygen atoms in total. The van der Waals surface area contributed by atoms with Crippen LogP contribution in [0.5, 0.6) is 5.75 Å². The van der Waals surface area contributed by atoms with Crippen molar-refractivity contribution >= 4 is 0 Å². The molecular weight excluding hydrogens is 453 g/mol. The Hall–Kier alpha value is -3.51. The molecule has 2 aromatic heterocycles. The van der Waals surface area contributed by atoms with Gasteiger partial charge in [0.1, 0.15) is 24.8 Å². The van der Waals surface area contributed by atoms with Crippen molar-refractivity contribution in [1.29, 1.82) is 0 Å². The fourth-order valence-electron chi connectivity index (χ4n) is 4.71. The lowest BCUT2D eigenvalue weighted by atomic mass is 9.68. The summed E-state index contributed by atoms with van der Waals surface area (Å²) >= 11 is 0. The first-order valence-corrected chi connectivity index (χ1v) is 12.5. The van der Waals surface area contributed by atoms with Crippen LogP contribution in [0.25, 0.3) is 11.5 Å². The minimum Gasteiger partial charge on any atom is -0.487 e. The first kappa shape index (κ1) is 24.2. The molecule has 0 saturated carbocycles. The summed E-state index contributed by atoms with van der Waals surface area (Å²) in [7, 11) is 0. The van der Waals surface area contributed by atoms with Crippen LogP contribution in [0.3, 0.4) is 0 Å². The molecule has 5 rings (SSSR count). The second kappa shape index (κ2) is 10.2. The molecular formula is C30H32FN3O2. The lowest BCUT2D eigenvalue weighted by Gasteiger charge is -2.35. The van der Waals surface area contributed by atoms with Gasteiger partial charge in [0.25, 0.3) is 0 Å². The quantitative estimate of drug-likeness (QED) is 0.273. The minimum atomic E-state index is -0.713. The highest BCUT2D eigenvalue weighted by atomic mass is 19.1. The molecule has 1 saturated heterocycles. The van der Waals surface area contributed by atoms with Crippen molar-refractivity contribution in [1.82, 2.24) is 14.9 Å². The first-order valence-electron chi connectivity index (χ1n) is 12.5. The molecule has 1 fully saturated rings. The van der Waals surface area contributed by atoms with E-state index < -0.39 is 6.17 Å². The van der Waals surface area contributed by atoms with E-state index >= 15 is 0 Å². The van der Waals surface area contributed by atoms with E-state index in [9.17, 15) is 4.39 Å². The van der Waals surface area contributed by atoms with E-state index in [1.54, 1.807) is 12.5 Å². The fourth-order valence-corrected chi connectivity index (χ4v) is 4.71. The third kappa shape index (κ3) is 5.05. The maximum atomic E-state index is 13.1. The molecule has 0 bridgehead atoms. The van der Waals surface area contributed by atoms with Crippen molar-refractivity contribution in [2.75, 3.05) is 13.1 Å². The van der Waals surface area contributed by atoms with Gasteiger partial charge in [-0.2, -0.15) is 0 Å². The highest BCUT2D eigenvalue weighted by Crippen LogP contribution is 2.40. The maximum Gasteiger partial charge on any atom is 0.226 e. The number of hydrogen-bond donors (Lipinski definition) is 0. The van der Waals surface area contributed by atoms with E-state index in [1.807, 2.05) is 35.2 Å². The summed E-state index contributed by atoms with van der Waals surface area (Å²) in [5.41, 5.74) is 4.94. The first-order chi connectivity index (χ1) is 17.4. The van der Waals surface area contributed by atoms with E-state index in [0.717, 1.165) is 22.7 Å². The van der Waals surface area contributed by atoms with Crippen LogP contribution in [0.2, 0.25) is 0 Å². The summed E-state index contributed by atoms with van der Waals surface area (Å²) in [6.07, 6.45) is 2.73. The van der Waals surface area contributed by atoms with E-state index in [0.29, 0.717) is 38.0 Å². The normalized spacial score (nSPS) is 16.0. The molecule has 4 aromatic rings. The van der Waals surface area contributed by atoms with Crippen LogP contribution < -0.4 is 4.74 Å². The number of halogens is 1. The highest BCUT2D eigenvalue weighted by molar-refractivity contribution is 5.55. The number of pyridine rings is 1. The Kier molecular flexibility index (Phi) is 6.88. The standard InChI is InChI=1S/C30H32FN3O2/c1-21(2)30(3,24-11-13-28(14-12-24)35-19-26-6-4-5-15-32-26)23-9-7-22(8-10-23)29-33-27(20-36-29)18-34-16-25(31)17-34/h4-15,20-21,25H,16-19H2,1-3H3. The fraction of sp³-hybridized carbons (Fsp3) is 0.333. The van der Waals surface area contributed by atoms with E-state index in [4.69, 9.17) is 9.15 Å². The van der Waals surface area contributed by atoms with Gasteiger partial charge in [0.15, 0.2) is 0 Å². The minimum absolute atomic E-state index is 0.180. The number of hydrogen-bond acceptors (Lipinski definition) is 5. The molecule has 6 heteroatoms. The zero-order valence-corrected chi connectivity index (χ0v) is 21.0. The molecule has 0 radical (unpaired) electrons. The highest BCUT2D eigenvalue weighted by Gasteiger charge is 2.33. The summed E-state index contributed by atoms with van der Waals surface area (Å²) in [5.74, 6) is 1.79. The number of aromatic nitrogens is 2. The molecule has 1 unspecified atom stereocenters. The number of benzene rings is 2. The van der Waals surface area contributed by atoms with Crippen molar-refractivity contribution in [3.8, 4) is 17.2 Å². The average molecular weight is 486 g/mol. The molecule has 0 spiro atoms. The molecule has 0 aliphatic carbocycles. The molecule has 1 aliphatic heterocycles. The number of alkyl halides is 1. The predicted octanol–water partition coefficient (Wildman–Crippen LogP) is 6.43. The van der Waals surface area contributed by atoms with Gasteiger partial charge in [0.05, 0.1) is 11.4 Å². The molecule has 0 N–H and O–H groups in total. The van der Waals surface area contributed by atoms with Gasteiger partial charge in [-0.25, -0.2) is 9.37 Å². The van der Waals surface area contributed by atoms with Crippen LogP contribution in [0, 0.1) is 5.92 Å². The van der Waals surface area contributed by atoms with Crippen LogP contribution in [-0.2, 0) is 18.6 Å². The summed E-state index contributed by atoms with van der Waals surface area (Å²) in [6.45, 7) is 8.79. The lowest BCUT2D eigenvalue weighted by Crippen LogP contribution is -2.47. The smallest absolute Gasteiger partial charge is 0.226 e. The summed E-state index contributed by atoms with van der Waals surface area (Å²) in [6, 6.07) is 22.6. The van der Waals surface area contributed by atoms with Crippen molar-refractivity contribution in [3.63, 3.8) is 0 Å². The van der Waals surface area contributed by atoms with Gasteiger partial charge < -0.3 is 9.15 Å². The van der Waals surface area contributed by atoms with Gasteiger partial charge in [0, 0.05) is 36.8 Å². The Morgan fingerprint density at radius 3 is 2.31 bits per heavy atom. The zero-order valence-electron chi connectivity index (χ0n) is 21.0. The van der Waals surface area contributed by atoms with Crippen LogP contribution in [0.4, 0.5) is 4.39 Å². The van der Waals surface area contributed by atoms with Crippen molar-refractivity contribution in [2.24, 2.45) is 5.92 Å². The maximum absolute atomic E-state index is 13.1. The average Bonchev–Trinajstić information content (AvgIpc) is 3.36. The molecule has 2 aromatic carbocycles. The van der Waals surface area contributed by atoms with Crippen LogP contribution >= 0.6 is 0 Å². The summed E-state index contributed by atoms with van der Waals surface area (Å²) in [4.78, 5) is 11.0. The van der Waals surface area contributed by atoms with Crippen molar-refractivity contribution < 1.29 is 13.5 Å². The van der Waals surface area contributed by atoms with Gasteiger partial charge in [0.2, 0.25) is 5.89 Å². The third-order valence-corrected chi connectivity index (χ3v) is 7.30. The molecule has 0 amide bonds. The Morgan fingerprint density at radius 1 is 1.00 bits per heavy atom. The number of ether oxygens (including phenoxy) is 1. The number of likely N-dealkylation sites (tertiary alicyclic amines) is 1. The largest absolute Gasteiger partial charge is 0.487 e. The van der Waals surface area contributed by atoms with Gasteiger partial charge >= 0.3 is 0 Å². The Bertz CT molecular complexity index is 1270. The molecule has 1 atom stereocenters. The van der Waals surface area contributed by atoms with E-state index in [2.05, 4.69) is 67.1 Å². The second-order valence-electron chi connectivity index (χ2n) is 10.0. The summed E-state index contributed by atoms with van der Waals surface area (Å²) in [5, 5.41) is 0. The Morgan fingerprint density at radius 2 is 1.69 bits per heavy atom. The number of rotatable bonds is 9. The Labute approximate surface area is 212 Å². The van der Waals surface area contributed by atoms with Gasteiger partial charge in [-0.3, -0.25) is 9.88 Å². The molecule has 3 heterocycles. The van der Waals surface area contributed by atoms with Crippen LogP contribution in [0.1, 0.15) is 43.3 Å². The second-order valence-corrected chi connectivity index (χ2v) is 10.0. The third-order valence-electron chi connectivity index (χ3n) is 7.30. The Balaban J connectivity index is 1.30. The van der Waals surface area contributed by atoms with Gasteiger partial charge in [-0.15, -0.1) is 0 Å². The van der Waals surface area contributed by atoms with Gasteiger partial charge in [-0.1, -0.05) is 51.1 Å². The molecule has 1 aliphatic rings. The van der Waals surface area contributed by atoms with Crippen molar-refractivity contribution in [2.45, 2.75) is 45.5 Å². The summed E-state index contributed by atoms with van der Waals surface area (Å²) < 4.78 is 24.7. The van der Waals surface area contributed by atoms with Crippen molar-refractivity contribution in [3.05, 3.63) is 102 Å². The van der Waals surface area contributed by atoms with Crippen LogP contribution in [-0.4, -0.2) is 34.1 Å². The van der Waals surface area contributed by atoms with Gasteiger partial charge in [-0.05, 0) is 53.4 Å². The topological polar surface area (TPSA) is 51.4 Å². The van der Waals surface area contributed by atoms with E-state index in [1.165, 1.54) is 11.1 Å². The predicted molar refractivity (Wildman–Crippen MR) is 138 cm³/mol.